The topological polar surface area (TPSA) is 27.6 Å². The Morgan fingerprint density at radius 2 is 2.17 bits per heavy atom. The highest BCUT2D eigenvalue weighted by Crippen LogP contribution is 2.15. The van der Waals surface area contributed by atoms with Gasteiger partial charge in [-0.1, -0.05) is 24.8 Å². The molecule has 0 saturated heterocycles. The highest BCUT2D eigenvalue weighted by molar-refractivity contribution is 5.85. The SMILES string of the molecule is C=C/C(=C\C=C1\C=CC(=C2C=C[C@@H](F)N=C2)NC1)N(CC)CC. The second kappa shape index (κ2) is 8.32. The summed E-state index contributed by atoms with van der Waals surface area (Å²) in [5.41, 5.74) is 4.17. The maximum atomic E-state index is 12.9. The van der Waals surface area contributed by atoms with Gasteiger partial charge in [0.05, 0.1) is 0 Å². The number of nitrogens with one attached hydrogen (secondary N) is 1. The number of dihydropyridines is 1. The molecule has 1 N–H and O–H groups in total. The lowest BCUT2D eigenvalue weighted by atomic mass is 10.1. The average Bonchev–Trinajstić information content (AvgIpc) is 2.60. The Hall–Kier alpha value is -2.36. The fraction of sp³-hybridized carbons (Fsp3) is 0.316. The van der Waals surface area contributed by atoms with Crippen molar-refractivity contribution in [2.75, 3.05) is 19.6 Å². The second-order valence-electron chi connectivity index (χ2n) is 5.28. The van der Waals surface area contributed by atoms with Gasteiger partial charge < -0.3 is 10.2 Å². The van der Waals surface area contributed by atoms with E-state index in [4.69, 9.17) is 0 Å². The molecule has 0 unspecified atom stereocenters. The molecule has 0 bridgehead atoms. The van der Waals surface area contributed by atoms with E-state index in [-0.39, 0.29) is 0 Å². The van der Waals surface area contributed by atoms with E-state index < -0.39 is 6.30 Å². The summed E-state index contributed by atoms with van der Waals surface area (Å²) in [6.07, 6.45) is 13.7. The first kappa shape index (κ1) is 17.0. The third-order valence-corrected chi connectivity index (χ3v) is 3.85. The van der Waals surface area contributed by atoms with Gasteiger partial charge in [0.15, 0.2) is 0 Å². The lowest BCUT2D eigenvalue weighted by Gasteiger charge is -2.22. The normalized spacial score (nSPS) is 25.6. The monoisotopic (exact) mass is 313 g/mol. The summed E-state index contributed by atoms with van der Waals surface area (Å²) < 4.78 is 12.9. The van der Waals surface area contributed by atoms with Crippen LogP contribution in [0.1, 0.15) is 13.8 Å². The van der Waals surface area contributed by atoms with Crippen LogP contribution in [0.4, 0.5) is 4.39 Å². The molecule has 0 amide bonds. The van der Waals surface area contributed by atoms with Gasteiger partial charge in [-0.3, -0.25) is 4.99 Å². The highest BCUT2D eigenvalue weighted by Gasteiger charge is 2.09. The van der Waals surface area contributed by atoms with Gasteiger partial charge in [-0.25, -0.2) is 4.39 Å². The van der Waals surface area contributed by atoms with E-state index >= 15 is 0 Å². The predicted molar refractivity (Wildman–Crippen MR) is 96.0 cm³/mol. The van der Waals surface area contributed by atoms with E-state index in [0.717, 1.165) is 36.6 Å². The van der Waals surface area contributed by atoms with Gasteiger partial charge in [0.25, 0.3) is 0 Å². The van der Waals surface area contributed by atoms with Crippen LogP contribution in [0.15, 0.2) is 76.6 Å². The predicted octanol–water partition coefficient (Wildman–Crippen LogP) is 3.67. The van der Waals surface area contributed by atoms with Crippen LogP contribution in [-0.4, -0.2) is 37.0 Å². The molecule has 2 aliphatic heterocycles. The Balaban J connectivity index is 2.12. The molecule has 23 heavy (non-hydrogen) atoms. The Bertz CT molecular complexity index is 601. The molecule has 0 fully saturated rings. The number of aliphatic imine (C=N–C) groups is 1. The average molecular weight is 313 g/mol. The summed E-state index contributed by atoms with van der Waals surface area (Å²) in [6, 6.07) is 0. The second-order valence-corrected chi connectivity index (χ2v) is 5.28. The van der Waals surface area contributed by atoms with Gasteiger partial charge in [-0.05, 0) is 43.7 Å². The molecule has 122 valence electrons. The lowest BCUT2D eigenvalue weighted by Crippen LogP contribution is -2.22. The number of likely N-dealkylation sites (N-methyl/N-ethyl adjacent to an activating group) is 1. The van der Waals surface area contributed by atoms with E-state index in [1.165, 1.54) is 11.6 Å². The molecule has 0 aromatic carbocycles. The number of rotatable bonds is 5. The number of halogens is 1. The number of hydrogen-bond acceptors (Lipinski definition) is 3. The molecule has 1 atom stereocenters. The van der Waals surface area contributed by atoms with Crippen LogP contribution in [0, 0.1) is 0 Å². The van der Waals surface area contributed by atoms with Gasteiger partial charge in [0.1, 0.15) is 0 Å². The summed E-state index contributed by atoms with van der Waals surface area (Å²) in [7, 11) is 0. The van der Waals surface area contributed by atoms with Crippen molar-refractivity contribution >= 4 is 6.21 Å². The number of allylic oxidation sites excluding steroid dienone is 6. The van der Waals surface area contributed by atoms with Crippen LogP contribution >= 0.6 is 0 Å². The fourth-order valence-electron chi connectivity index (χ4n) is 2.49. The largest absolute Gasteiger partial charge is 0.380 e. The van der Waals surface area contributed by atoms with E-state index in [9.17, 15) is 4.39 Å². The Morgan fingerprint density at radius 1 is 1.39 bits per heavy atom. The first-order chi connectivity index (χ1) is 11.2. The van der Waals surface area contributed by atoms with Gasteiger partial charge in [0.2, 0.25) is 6.30 Å². The maximum absolute atomic E-state index is 12.9. The highest BCUT2D eigenvalue weighted by atomic mass is 19.1. The van der Waals surface area contributed by atoms with Gasteiger partial charge in [-0.2, -0.15) is 0 Å². The van der Waals surface area contributed by atoms with E-state index in [1.807, 2.05) is 12.2 Å². The minimum Gasteiger partial charge on any atom is -0.380 e. The van der Waals surface area contributed by atoms with Crippen molar-refractivity contribution < 1.29 is 4.39 Å². The van der Waals surface area contributed by atoms with Crippen LogP contribution in [0.5, 0.6) is 0 Å². The molecule has 4 heteroatoms. The lowest BCUT2D eigenvalue weighted by molar-refractivity contribution is 0.395. The minimum absolute atomic E-state index is 0.731. The number of hydrogen-bond donors (Lipinski definition) is 1. The molecular formula is C19H24FN3. The Labute approximate surface area is 138 Å². The third-order valence-electron chi connectivity index (χ3n) is 3.85. The molecule has 3 nitrogen and oxygen atoms in total. The molecule has 0 saturated carbocycles. The van der Waals surface area contributed by atoms with E-state index in [0.29, 0.717) is 0 Å². The number of nitrogens with zero attached hydrogens (tertiary/aromatic N) is 2. The van der Waals surface area contributed by atoms with Crippen molar-refractivity contribution in [1.29, 1.82) is 0 Å². The Morgan fingerprint density at radius 3 is 2.70 bits per heavy atom. The maximum Gasteiger partial charge on any atom is 0.208 e. The minimum atomic E-state index is -1.22. The van der Waals surface area contributed by atoms with Crippen molar-refractivity contribution in [2.45, 2.75) is 20.1 Å². The molecule has 2 aliphatic rings. The zero-order valence-electron chi connectivity index (χ0n) is 13.8. The van der Waals surface area contributed by atoms with Crippen LogP contribution in [0.25, 0.3) is 0 Å². The summed E-state index contributed by atoms with van der Waals surface area (Å²) in [6.45, 7) is 10.8. The molecule has 0 radical (unpaired) electrons. The smallest absolute Gasteiger partial charge is 0.208 e. The zero-order chi connectivity index (χ0) is 16.7. The van der Waals surface area contributed by atoms with Gasteiger partial charge >= 0.3 is 0 Å². The molecule has 0 aliphatic carbocycles. The summed E-state index contributed by atoms with van der Waals surface area (Å²) in [4.78, 5) is 6.02. The van der Waals surface area contributed by atoms with Gasteiger partial charge in [0, 0.05) is 42.8 Å². The summed E-state index contributed by atoms with van der Waals surface area (Å²) >= 11 is 0. The van der Waals surface area contributed by atoms with Crippen LogP contribution in [0.3, 0.4) is 0 Å². The third kappa shape index (κ3) is 4.55. The molecule has 0 aromatic rings. The standard InChI is InChI=1S/C19H24FN3/c1-4-17(23(5-2)6-3)10-7-15-8-11-18(21-13-15)16-9-12-19(20)22-14-16/h4,7-12,14,19,21H,1,5-6,13H2,2-3H3/b15-7-,17-10+,18-16?/t19-/m0/s1. The van der Waals surface area contributed by atoms with Crippen molar-refractivity contribution in [3.05, 3.63) is 71.7 Å². The van der Waals surface area contributed by atoms with Gasteiger partial charge in [-0.15, -0.1) is 0 Å². The van der Waals surface area contributed by atoms with Crippen molar-refractivity contribution in [1.82, 2.24) is 10.2 Å². The quantitative estimate of drug-likeness (QED) is 0.619. The first-order valence-corrected chi connectivity index (χ1v) is 7.97. The van der Waals surface area contributed by atoms with E-state index in [1.54, 1.807) is 12.3 Å². The van der Waals surface area contributed by atoms with Crippen LogP contribution in [0.2, 0.25) is 0 Å². The van der Waals surface area contributed by atoms with Crippen molar-refractivity contribution in [3.63, 3.8) is 0 Å². The molecular weight excluding hydrogens is 289 g/mol. The first-order valence-electron chi connectivity index (χ1n) is 7.97. The van der Waals surface area contributed by atoms with Crippen LogP contribution in [-0.2, 0) is 0 Å². The van der Waals surface area contributed by atoms with E-state index in [2.05, 4.69) is 53.9 Å². The Kier molecular flexibility index (Phi) is 6.15. The molecule has 0 aromatic heterocycles. The summed E-state index contributed by atoms with van der Waals surface area (Å²) in [5.74, 6) is 0. The van der Waals surface area contributed by atoms with Crippen LogP contribution < -0.4 is 5.32 Å². The summed E-state index contributed by atoms with van der Waals surface area (Å²) in [5, 5.41) is 3.34. The molecule has 2 heterocycles. The molecule has 0 spiro atoms. The number of alkyl halides is 1. The van der Waals surface area contributed by atoms with Crippen molar-refractivity contribution in [3.8, 4) is 0 Å². The van der Waals surface area contributed by atoms with Crippen molar-refractivity contribution in [2.24, 2.45) is 4.99 Å². The fourth-order valence-corrected chi connectivity index (χ4v) is 2.49. The zero-order valence-corrected chi connectivity index (χ0v) is 13.8. The molecule has 2 rings (SSSR count).